The SMILES string of the molecule is COC(O)CNC(=O)CCc1ccc(-c2ccc(CCN3CCC[C@H]3C)cc2)cc1. The van der Waals surface area contributed by atoms with E-state index in [0.717, 1.165) is 24.6 Å². The Morgan fingerprint density at radius 1 is 1.10 bits per heavy atom. The summed E-state index contributed by atoms with van der Waals surface area (Å²) in [7, 11) is 1.40. The first-order chi connectivity index (χ1) is 14.5. The number of carbonyl (C=O) groups excluding carboxylic acids is 1. The van der Waals surface area contributed by atoms with Crippen molar-refractivity contribution in [2.45, 2.75) is 51.4 Å². The number of aliphatic hydroxyl groups is 1. The van der Waals surface area contributed by atoms with Gasteiger partial charge in [0.25, 0.3) is 0 Å². The maximum Gasteiger partial charge on any atom is 0.220 e. The summed E-state index contributed by atoms with van der Waals surface area (Å²) in [5, 5.41) is 12.0. The molecule has 30 heavy (non-hydrogen) atoms. The number of amides is 1. The fraction of sp³-hybridized carbons (Fsp3) is 0.480. The van der Waals surface area contributed by atoms with Crippen molar-refractivity contribution in [3.8, 4) is 11.1 Å². The Morgan fingerprint density at radius 2 is 1.70 bits per heavy atom. The lowest BCUT2D eigenvalue weighted by Crippen LogP contribution is -2.33. The number of aliphatic hydroxyl groups excluding tert-OH is 1. The van der Waals surface area contributed by atoms with Crippen LogP contribution in [0.4, 0.5) is 0 Å². The van der Waals surface area contributed by atoms with Gasteiger partial charge in [0.05, 0.1) is 6.54 Å². The second-order valence-corrected chi connectivity index (χ2v) is 8.17. The van der Waals surface area contributed by atoms with Crippen molar-refractivity contribution in [2.75, 3.05) is 26.7 Å². The molecule has 0 saturated carbocycles. The third kappa shape index (κ3) is 6.66. The number of ether oxygens (including phenoxy) is 1. The zero-order valence-corrected chi connectivity index (χ0v) is 18.1. The summed E-state index contributed by atoms with van der Waals surface area (Å²) >= 11 is 0. The molecule has 5 heteroatoms. The lowest BCUT2D eigenvalue weighted by Gasteiger charge is -2.20. The summed E-state index contributed by atoms with van der Waals surface area (Å²) in [5.41, 5.74) is 4.91. The van der Waals surface area contributed by atoms with Gasteiger partial charge in [-0.1, -0.05) is 48.5 Å². The van der Waals surface area contributed by atoms with Crippen LogP contribution >= 0.6 is 0 Å². The minimum Gasteiger partial charge on any atom is -0.366 e. The van der Waals surface area contributed by atoms with Gasteiger partial charge in [0.15, 0.2) is 6.29 Å². The topological polar surface area (TPSA) is 61.8 Å². The predicted molar refractivity (Wildman–Crippen MR) is 120 cm³/mol. The average Bonchev–Trinajstić information content (AvgIpc) is 3.20. The molecule has 1 amide bonds. The van der Waals surface area contributed by atoms with Gasteiger partial charge < -0.3 is 20.1 Å². The second kappa shape index (κ2) is 11.3. The highest BCUT2D eigenvalue weighted by Crippen LogP contribution is 2.22. The highest BCUT2D eigenvalue weighted by Gasteiger charge is 2.19. The Labute approximate surface area is 180 Å². The molecule has 162 valence electrons. The second-order valence-electron chi connectivity index (χ2n) is 8.17. The van der Waals surface area contributed by atoms with Crippen LogP contribution in [-0.2, 0) is 22.4 Å². The van der Waals surface area contributed by atoms with E-state index in [2.05, 4.69) is 65.7 Å². The van der Waals surface area contributed by atoms with E-state index in [1.165, 1.54) is 43.2 Å². The van der Waals surface area contributed by atoms with Gasteiger partial charge in [-0.3, -0.25) is 4.79 Å². The highest BCUT2D eigenvalue weighted by atomic mass is 16.6. The van der Waals surface area contributed by atoms with Crippen LogP contribution in [0, 0.1) is 0 Å². The van der Waals surface area contributed by atoms with Gasteiger partial charge in [0.1, 0.15) is 0 Å². The maximum absolute atomic E-state index is 11.8. The zero-order valence-electron chi connectivity index (χ0n) is 18.1. The van der Waals surface area contributed by atoms with E-state index in [1.54, 1.807) is 0 Å². The third-order valence-corrected chi connectivity index (χ3v) is 6.01. The van der Waals surface area contributed by atoms with Crippen LogP contribution in [0.15, 0.2) is 48.5 Å². The molecule has 0 radical (unpaired) electrons. The van der Waals surface area contributed by atoms with Crippen LogP contribution in [0.1, 0.15) is 37.3 Å². The zero-order chi connectivity index (χ0) is 21.3. The molecule has 0 aliphatic carbocycles. The molecule has 2 atom stereocenters. The van der Waals surface area contributed by atoms with Gasteiger partial charge in [-0.25, -0.2) is 0 Å². The molecule has 2 N–H and O–H groups in total. The number of aryl methyl sites for hydroxylation is 1. The lowest BCUT2D eigenvalue weighted by molar-refractivity contribution is -0.124. The number of benzene rings is 2. The van der Waals surface area contributed by atoms with Gasteiger partial charge in [0, 0.05) is 26.1 Å². The molecule has 0 spiro atoms. The minimum absolute atomic E-state index is 0.0888. The molecule has 2 aromatic rings. The molecule has 1 fully saturated rings. The first-order valence-electron chi connectivity index (χ1n) is 10.9. The van der Waals surface area contributed by atoms with Crippen molar-refractivity contribution < 1.29 is 14.6 Å². The summed E-state index contributed by atoms with van der Waals surface area (Å²) in [6.45, 7) is 4.83. The first kappa shape index (κ1) is 22.5. The van der Waals surface area contributed by atoms with E-state index < -0.39 is 6.29 Å². The summed E-state index contributed by atoms with van der Waals surface area (Å²) in [6.07, 6.45) is 3.87. The summed E-state index contributed by atoms with van der Waals surface area (Å²) in [4.78, 5) is 14.4. The Kier molecular flexibility index (Phi) is 8.43. The van der Waals surface area contributed by atoms with Crippen LogP contribution in [0.2, 0.25) is 0 Å². The van der Waals surface area contributed by atoms with E-state index in [0.29, 0.717) is 12.8 Å². The van der Waals surface area contributed by atoms with Gasteiger partial charge in [-0.15, -0.1) is 0 Å². The Morgan fingerprint density at radius 3 is 2.23 bits per heavy atom. The van der Waals surface area contributed by atoms with E-state index in [-0.39, 0.29) is 12.5 Å². The molecule has 1 unspecified atom stereocenters. The largest absolute Gasteiger partial charge is 0.366 e. The van der Waals surface area contributed by atoms with E-state index >= 15 is 0 Å². The van der Waals surface area contributed by atoms with Crippen LogP contribution in [-0.4, -0.2) is 55.0 Å². The number of likely N-dealkylation sites (tertiary alicyclic amines) is 1. The standard InChI is InChI=1S/C25H34N2O3/c1-19-4-3-16-27(19)17-15-21-7-12-23(13-8-21)22-10-5-20(6-11-22)9-14-24(28)26-18-25(29)30-2/h5-8,10-13,19,25,29H,3-4,9,14-18H2,1-2H3,(H,26,28)/t19-,25?/m1/s1. The summed E-state index contributed by atoms with van der Waals surface area (Å²) in [5.74, 6) is -0.0888. The third-order valence-electron chi connectivity index (χ3n) is 6.01. The molecule has 3 rings (SSSR count). The normalized spacial score (nSPS) is 17.8. The molecule has 2 aromatic carbocycles. The number of nitrogens with one attached hydrogen (secondary N) is 1. The van der Waals surface area contributed by atoms with Gasteiger partial charge in [-0.05, 0) is 61.4 Å². The number of carbonyl (C=O) groups is 1. The van der Waals surface area contributed by atoms with Crippen LogP contribution in [0.25, 0.3) is 11.1 Å². The molecule has 5 nitrogen and oxygen atoms in total. The average molecular weight is 411 g/mol. The fourth-order valence-corrected chi connectivity index (χ4v) is 3.96. The van der Waals surface area contributed by atoms with E-state index in [1.807, 2.05) is 0 Å². The molecular weight excluding hydrogens is 376 g/mol. The molecule has 0 bridgehead atoms. The molecule has 0 aromatic heterocycles. The van der Waals surface area contributed by atoms with Crippen molar-refractivity contribution in [3.63, 3.8) is 0 Å². The van der Waals surface area contributed by atoms with E-state index in [4.69, 9.17) is 4.74 Å². The van der Waals surface area contributed by atoms with Gasteiger partial charge in [0.2, 0.25) is 5.91 Å². The van der Waals surface area contributed by atoms with Crippen LogP contribution < -0.4 is 5.32 Å². The Hall–Kier alpha value is -2.21. The molecule has 1 heterocycles. The van der Waals surface area contributed by atoms with Gasteiger partial charge >= 0.3 is 0 Å². The summed E-state index contributed by atoms with van der Waals surface area (Å²) < 4.78 is 4.71. The molecular formula is C25H34N2O3. The lowest BCUT2D eigenvalue weighted by atomic mass is 10.0. The quantitative estimate of drug-likeness (QED) is 0.590. The fourth-order valence-electron chi connectivity index (χ4n) is 3.96. The van der Waals surface area contributed by atoms with Crippen molar-refractivity contribution in [2.24, 2.45) is 0 Å². The predicted octanol–water partition coefficient (Wildman–Crippen LogP) is 3.39. The maximum atomic E-state index is 11.8. The van der Waals surface area contributed by atoms with Gasteiger partial charge in [-0.2, -0.15) is 0 Å². The highest BCUT2D eigenvalue weighted by molar-refractivity contribution is 5.76. The summed E-state index contributed by atoms with van der Waals surface area (Å²) in [6, 6.07) is 18.0. The van der Waals surface area contributed by atoms with Crippen LogP contribution in [0.3, 0.4) is 0 Å². The number of hydrogen-bond acceptors (Lipinski definition) is 4. The number of hydrogen-bond donors (Lipinski definition) is 2. The minimum atomic E-state index is -0.955. The number of methoxy groups -OCH3 is 1. The molecule has 1 aliphatic rings. The molecule has 1 saturated heterocycles. The van der Waals surface area contributed by atoms with Crippen molar-refractivity contribution in [1.82, 2.24) is 10.2 Å². The van der Waals surface area contributed by atoms with Crippen molar-refractivity contribution in [3.05, 3.63) is 59.7 Å². The monoisotopic (exact) mass is 410 g/mol. The van der Waals surface area contributed by atoms with Crippen LogP contribution in [0.5, 0.6) is 0 Å². The van der Waals surface area contributed by atoms with E-state index in [9.17, 15) is 9.90 Å². The molecule has 1 aliphatic heterocycles. The smallest absolute Gasteiger partial charge is 0.220 e. The Balaban J connectivity index is 1.46. The first-order valence-corrected chi connectivity index (χ1v) is 10.9. The Bertz CT molecular complexity index is 789. The number of nitrogens with zero attached hydrogens (tertiary/aromatic N) is 1. The number of rotatable bonds is 10. The van der Waals surface area contributed by atoms with Crippen molar-refractivity contribution >= 4 is 5.91 Å². The van der Waals surface area contributed by atoms with Crippen molar-refractivity contribution in [1.29, 1.82) is 0 Å².